The van der Waals surface area contributed by atoms with Crippen LogP contribution in [0.25, 0.3) is 30.9 Å². The number of para-hydroxylation sites is 3. The summed E-state index contributed by atoms with van der Waals surface area (Å²) in [6.45, 7) is 0. The lowest BCUT2D eigenvalue weighted by Crippen LogP contribution is -2.16. The summed E-state index contributed by atoms with van der Waals surface area (Å²) in [7, 11) is 0. The maximum Gasteiger partial charge on any atom is 0.153 e. The zero-order valence-corrected chi connectivity index (χ0v) is 24.5. The second kappa shape index (κ2) is 10.0. The quantitative estimate of drug-likeness (QED) is 0.205. The first-order valence-corrected chi connectivity index (χ1v) is 15.6. The van der Waals surface area contributed by atoms with Crippen molar-refractivity contribution in [3.05, 3.63) is 158 Å². The van der Waals surface area contributed by atoms with Gasteiger partial charge in [-0.25, -0.2) is 0 Å². The van der Waals surface area contributed by atoms with E-state index in [4.69, 9.17) is 4.74 Å². The number of hydrogen-bond donors (Lipinski definition) is 0. The zero-order chi connectivity index (χ0) is 29.0. The number of nitrogens with zero attached hydrogens (tertiary/aromatic N) is 2. The number of benzene rings is 7. The van der Waals surface area contributed by atoms with Crippen LogP contribution in [0.1, 0.15) is 0 Å². The van der Waals surface area contributed by atoms with Crippen LogP contribution in [0, 0.1) is 0 Å². The Hall–Kier alpha value is -5.58. The lowest BCUT2D eigenvalue weighted by molar-refractivity contribution is 0.477. The van der Waals surface area contributed by atoms with Gasteiger partial charge in [0, 0.05) is 49.0 Å². The van der Waals surface area contributed by atoms with Gasteiger partial charge in [0.25, 0.3) is 0 Å². The van der Waals surface area contributed by atoms with Gasteiger partial charge in [-0.05, 0) is 77.5 Å². The van der Waals surface area contributed by atoms with E-state index in [0.717, 1.165) is 45.6 Å². The lowest BCUT2D eigenvalue weighted by Gasteiger charge is -2.34. The van der Waals surface area contributed by atoms with Crippen molar-refractivity contribution in [2.75, 3.05) is 9.80 Å². The van der Waals surface area contributed by atoms with Crippen LogP contribution in [0.4, 0.5) is 34.1 Å². The molecule has 1 aliphatic heterocycles. The van der Waals surface area contributed by atoms with Gasteiger partial charge in [-0.3, -0.25) is 0 Å². The third-order valence-corrected chi connectivity index (χ3v) is 9.53. The van der Waals surface area contributed by atoms with E-state index in [9.17, 15) is 0 Å². The Bertz CT molecular complexity index is 2340. The highest BCUT2D eigenvalue weighted by atomic mass is 32.1. The number of anilines is 6. The van der Waals surface area contributed by atoms with Crippen molar-refractivity contribution >= 4 is 76.4 Å². The lowest BCUT2D eigenvalue weighted by atomic mass is 10.1. The van der Waals surface area contributed by atoms with Crippen LogP contribution in [0.3, 0.4) is 0 Å². The van der Waals surface area contributed by atoms with Crippen molar-refractivity contribution in [1.29, 1.82) is 0 Å². The van der Waals surface area contributed by atoms with Crippen LogP contribution >= 0.6 is 11.3 Å². The number of rotatable bonds is 4. The smallest absolute Gasteiger partial charge is 0.153 e. The molecule has 44 heavy (non-hydrogen) atoms. The monoisotopic (exact) mass is 582 g/mol. The number of thiophene rings is 1. The normalized spacial score (nSPS) is 12.2. The second-order valence-corrected chi connectivity index (χ2v) is 12.1. The molecule has 7 aromatic carbocycles. The molecular weight excluding hydrogens is 557 g/mol. The maximum atomic E-state index is 6.63. The Labute approximate surface area is 259 Å². The highest BCUT2D eigenvalue weighted by molar-refractivity contribution is 7.25. The third kappa shape index (κ3) is 4.03. The summed E-state index contributed by atoms with van der Waals surface area (Å²) in [6.07, 6.45) is 0. The van der Waals surface area contributed by atoms with E-state index in [1.54, 1.807) is 0 Å². The SMILES string of the molecule is c1ccc(N(c2ccc3c(c2)Oc2ccccc2N3c2ccc3c(c2)sc2ccccc23)c2ccc3ccccc3c2)cc1. The topological polar surface area (TPSA) is 15.7 Å². The molecule has 0 atom stereocenters. The minimum Gasteiger partial charge on any atom is -0.453 e. The molecule has 3 nitrogen and oxygen atoms in total. The molecule has 0 bridgehead atoms. The molecule has 0 radical (unpaired) electrons. The molecule has 2 heterocycles. The molecule has 0 fully saturated rings. The molecule has 0 amide bonds. The Morgan fingerprint density at radius 2 is 1.16 bits per heavy atom. The maximum absolute atomic E-state index is 6.63. The van der Waals surface area contributed by atoms with Crippen molar-refractivity contribution in [1.82, 2.24) is 0 Å². The van der Waals surface area contributed by atoms with Crippen LogP contribution < -0.4 is 14.5 Å². The molecule has 1 aromatic heterocycles. The van der Waals surface area contributed by atoms with Gasteiger partial charge in [0.2, 0.25) is 0 Å². The molecular formula is C40H26N2OS. The van der Waals surface area contributed by atoms with Crippen molar-refractivity contribution in [3.8, 4) is 11.5 Å². The van der Waals surface area contributed by atoms with E-state index in [1.807, 2.05) is 23.5 Å². The van der Waals surface area contributed by atoms with Gasteiger partial charge >= 0.3 is 0 Å². The summed E-state index contributed by atoms with van der Waals surface area (Å²) in [5, 5.41) is 5.03. The highest BCUT2D eigenvalue weighted by Gasteiger charge is 2.27. The highest BCUT2D eigenvalue weighted by Crippen LogP contribution is 2.53. The largest absolute Gasteiger partial charge is 0.453 e. The molecule has 8 aromatic rings. The van der Waals surface area contributed by atoms with Crippen molar-refractivity contribution in [2.45, 2.75) is 0 Å². The van der Waals surface area contributed by atoms with E-state index in [1.165, 1.54) is 30.9 Å². The Morgan fingerprint density at radius 1 is 0.455 bits per heavy atom. The van der Waals surface area contributed by atoms with Crippen LogP contribution in [0.2, 0.25) is 0 Å². The summed E-state index contributed by atoms with van der Waals surface area (Å²) < 4.78 is 9.21. The zero-order valence-electron chi connectivity index (χ0n) is 23.7. The fraction of sp³-hybridized carbons (Fsp3) is 0. The van der Waals surface area contributed by atoms with E-state index in [-0.39, 0.29) is 0 Å². The Balaban J connectivity index is 1.20. The molecule has 208 valence electrons. The number of hydrogen-bond acceptors (Lipinski definition) is 4. The number of fused-ring (bicyclic) bond motifs is 6. The third-order valence-electron chi connectivity index (χ3n) is 8.39. The van der Waals surface area contributed by atoms with Gasteiger partial charge in [0.1, 0.15) is 0 Å². The van der Waals surface area contributed by atoms with Gasteiger partial charge < -0.3 is 14.5 Å². The van der Waals surface area contributed by atoms with Crippen LogP contribution in [-0.2, 0) is 0 Å². The first-order valence-electron chi connectivity index (χ1n) is 14.8. The van der Waals surface area contributed by atoms with E-state index < -0.39 is 0 Å². The summed E-state index contributed by atoms with van der Waals surface area (Å²) in [4.78, 5) is 4.62. The molecule has 0 saturated heterocycles. The van der Waals surface area contributed by atoms with Gasteiger partial charge in [-0.15, -0.1) is 11.3 Å². The van der Waals surface area contributed by atoms with E-state index >= 15 is 0 Å². The summed E-state index contributed by atoms with van der Waals surface area (Å²) in [5.74, 6) is 1.66. The molecule has 4 heteroatoms. The van der Waals surface area contributed by atoms with Crippen LogP contribution in [0.15, 0.2) is 158 Å². The summed E-state index contributed by atoms with van der Waals surface area (Å²) >= 11 is 1.84. The predicted octanol–water partition coefficient (Wildman–Crippen LogP) is 12.3. The van der Waals surface area contributed by atoms with Crippen LogP contribution in [0.5, 0.6) is 11.5 Å². The van der Waals surface area contributed by atoms with E-state index in [0.29, 0.717) is 0 Å². The van der Waals surface area contributed by atoms with Gasteiger partial charge in [0.15, 0.2) is 11.5 Å². The van der Waals surface area contributed by atoms with Crippen molar-refractivity contribution < 1.29 is 4.74 Å². The van der Waals surface area contributed by atoms with Gasteiger partial charge in [-0.1, -0.05) is 84.9 Å². The average Bonchev–Trinajstić information content (AvgIpc) is 3.45. The molecule has 0 aliphatic carbocycles. The first-order chi connectivity index (χ1) is 21.8. The fourth-order valence-electron chi connectivity index (χ4n) is 6.36. The molecule has 0 unspecified atom stereocenters. The Morgan fingerprint density at radius 3 is 2.09 bits per heavy atom. The second-order valence-electron chi connectivity index (χ2n) is 11.0. The Kier molecular flexibility index (Phi) is 5.68. The predicted molar refractivity (Wildman–Crippen MR) is 186 cm³/mol. The van der Waals surface area contributed by atoms with Crippen molar-refractivity contribution in [3.63, 3.8) is 0 Å². The molecule has 0 spiro atoms. The summed E-state index contributed by atoms with van der Waals surface area (Å²) in [5.41, 5.74) is 6.37. The average molecular weight is 583 g/mol. The summed E-state index contributed by atoms with van der Waals surface area (Å²) in [6, 6.07) is 55.9. The fourth-order valence-corrected chi connectivity index (χ4v) is 7.50. The van der Waals surface area contributed by atoms with Crippen LogP contribution in [-0.4, -0.2) is 0 Å². The molecule has 0 saturated carbocycles. The minimum atomic E-state index is 0.819. The molecule has 0 N–H and O–H groups in total. The standard InChI is InChI=1S/C40H26N2OS/c1-2-12-29(13-3-1)41(30-19-18-27-10-4-5-11-28(27)24-30)31-21-23-36-38(25-31)43-37-16-8-7-15-35(37)42(36)32-20-22-34-33-14-6-9-17-39(33)44-40(34)26-32/h1-26H. The van der Waals surface area contributed by atoms with Gasteiger partial charge in [0.05, 0.1) is 11.4 Å². The molecule has 9 rings (SSSR count). The van der Waals surface area contributed by atoms with Crippen molar-refractivity contribution in [2.24, 2.45) is 0 Å². The van der Waals surface area contributed by atoms with Gasteiger partial charge in [-0.2, -0.15) is 0 Å². The number of ether oxygens (including phenoxy) is 1. The molecule has 1 aliphatic rings. The first kappa shape index (κ1) is 25.0. The van der Waals surface area contributed by atoms with E-state index in [2.05, 4.69) is 155 Å². The minimum absolute atomic E-state index is 0.819.